The number of rotatable bonds is 5. The van der Waals surface area contributed by atoms with Crippen LogP contribution in [0.15, 0.2) is 10.9 Å². The summed E-state index contributed by atoms with van der Waals surface area (Å²) in [5.74, 6) is 0.162. The van der Waals surface area contributed by atoms with E-state index in [1.54, 1.807) is 25.3 Å². The number of ether oxygens (including phenoxy) is 1. The van der Waals surface area contributed by atoms with E-state index in [0.717, 1.165) is 6.42 Å². The molecule has 0 fully saturated rings. The molecular formula is C15H23NO3. The summed E-state index contributed by atoms with van der Waals surface area (Å²) in [7, 11) is 0. The van der Waals surface area contributed by atoms with Gasteiger partial charge in [-0.25, -0.2) is 4.79 Å². The Morgan fingerprint density at radius 3 is 2.53 bits per heavy atom. The highest BCUT2D eigenvalue weighted by molar-refractivity contribution is 5.92. The summed E-state index contributed by atoms with van der Waals surface area (Å²) < 4.78 is 6.72. The normalized spacial score (nSPS) is 10.8. The molecule has 0 aliphatic carbocycles. The third-order valence-electron chi connectivity index (χ3n) is 3.18. The number of hydrogen-bond acceptors (Lipinski definition) is 3. The molecule has 19 heavy (non-hydrogen) atoms. The lowest BCUT2D eigenvalue weighted by atomic mass is 10.1. The zero-order valence-electron chi connectivity index (χ0n) is 12.4. The zero-order chi connectivity index (χ0) is 14.6. The number of nitrogens with zero attached hydrogens (tertiary/aromatic N) is 1. The Labute approximate surface area is 114 Å². The van der Waals surface area contributed by atoms with Crippen molar-refractivity contribution in [3.8, 4) is 0 Å². The van der Waals surface area contributed by atoms with Gasteiger partial charge in [-0.05, 0) is 38.7 Å². The first-order valence-corrected chi connectivity index (χ1v) is 6.76. The molecule has 1 aromatic heterocycles. The van der Waals surface area contributed by atoms with Crippen LogP contribution < -0.4 is 5.56 Å². The van der Waals surface area contributed by atoms with Crippen LogP contribution in [0.1, 0.15) is 48.8 Å². The Kier molecular flexibility index (Phi) is 5.33. The van der Waals surface area contributed by atoms with E-state index in [1.807, 2.05) is 0 Å². The van der Waals surface area contributed by atoms with Gasteiger partial charge in [0.05, 0.1) is 12.2 Å². The second-order valence-corrected chi connectivity index (χ2v) is 5.18. The van der Waals surface area contributed by atoms with Crippen LogP contribution in [0.4, 0.5) is 0 Å². The van der Waals surface area contributed by atoms with Gasteiger partial charge in [0.1, 0.15) is 0 Å². The van der Waals surface area contributed by atoms with Crippen molar-refractivity contribution in [2.24, 2.45) is 5.92 Å². The molecule has 106 valence electrons. The van der Waals surface area contributed by atoms with Crippen LogP contribution in [0.3, 0.4) is 0 Å². The summed E-state index contributed by atoms with van der Waals surface area (Å²) in [5.41, 5.74) is 1.85. The van der Waals surface area contributed by atoms with E-state index in [0.29, 0.717) is 35.9 Å². The molecule has 0 aliphatic rings. The molecule has 1 rings (SSSR count). The van der Waals surface area contributed by atoms with E-state index < -0.39 is 0 Å². The first kappa shape index (κ1) is 15.5. The molecule has 0 N–H and O–H groups in total. The number of pyridine rings is 1. The molecule has 0 saturated heterocycles. The predicted octanol–water partition coefficient (Wildman–Crippen LogP) is 2.69. The van der Waals surface area contributed by atoms with E-state index in [1.165, 1.54) is 6.07 Å². The summed E-state index contributed by atoms with van der Waals surface area (Å²) in [5, 5.41) is 0. The smallest absolute Gasteiger partial charge is 0.340 e. The van der Waals surface area contributed by atoms with Crippen molar-refractivity contribution in [2.45, 2.75) is 47.6 Å². The lowest BCUT2D eigenvalue weighted by molar-refractivity contribution is 0.0523. The molecule has 0 unspecified atom stereocenters. The van der Waals surface area contributed by atoms with Gasteiger partial charge in [-0.15, -0.1) is 0 Å². The van der Waals surface area contributed by atoms with Crippen LogP contribution >= 0.6 is 0 Å². The SMILES string of the molecule is CCOC(=O)c1c(C)cc(=O)n(CCC(C)C)c1C. The number of aromatic nitrogens is 1. The van der Waals surface area contributed by atoms with Gasteiger partial charge in [-0.3, -0.25) is 4.79 Å². The third-order valence-corrected chi connectivity index (χ3v) is 3.18. The van der Waals surface area contributed by atoms with Gasteiger partial charge >= 0.3 is 5.97 Å². The van der Waals surface area contributed by atoms with Crippen LogP contribution in [0.25, 0.3) is 0 Å². The number of carbonyl (C=O) groups excluding carboxylic acids is 1. The van der Waals surface area contributed by atoms with E-state index >= 15 is 0 Å². The topological polar surface area (TPSA) is 48.3 Å². The Hall–Kier alpha value is -1.58. The maximum Gasteiger partial charge on any atom is 0.340 e. The van der Waals surface area contributed by atoms with Crippen LogP contribution in [-0.4, -0.2) is 17.1 Å². The maximum absolute atomic E-state index is 12.0. The predicted molar refractivity (Wildman–Crippen MR) is 75.6 cm³/mol. The van der Waals surface area contributed by atoms with Crippen molar-refractivity contribution in [2.75, 3.05) is 6.61 Å². The van der Waals surface area contributed by atoms with E-state index in [9.17, 15) is 9.59 Å². The molecule has 1 aromatic rings. The Morgan fingerprint density at radius 2 is 2.00 bits per heavy atom. The Bertz CT molecular complexity index is 515. The van der Waals surface area contributed by atoms with Crippen molar-refractivity contribution >= 4 is 5.97 Å². The van der Waals surface area contributed by atoms with Crippen molar-refractivity contribution < 1.29 is 9.53 Å². The lowest BCUT2D eigenvalue weighted by Crippen LogP contribution is -2.26. The second kappa shape index (κ2) is 6.55. The molecule has 0 aliphatic heterocycles. The minimum Gasteiger partial charge on any atom is -0.462 e. The fourth-order valence-electron chi connectivity index (χ4n) is 2.10. The number of hydrogen-bond donors (Lipinski definition) is 0. The summed E-state index contributed by atoms with van der Waals surface area (Å²) in [6.07, 6.45) is 0.909. The lowest BCUT2D eigenvalue weighted by Gasteiger charge is -2.16. The number of esters is 1. The fraction of sp³-hybridized carbons (Fsp3) is 0.600. The summed E-state index contributed by atoms with van der Waals surface area (Å²) in [4.78, 5) is 24.0. The van der Waals surface area contributed by atoms with Gasteiger partial charge in [-0.1, -0.05) is 13.8 Å². The highest BCUT2D eigenvalue weighted by Gasteiger charge is 2.17. The van der Waals surface area contributed by atoms with Gasteiger partial charge in [0.25, 0.3) is 5.56 Å². The minimum absolute atomic E-state index is 0.0521. The molecule has 0 amide bonds. The summed E-state index contributed by atoms with van der Waals surface area (Å²) >= 11 is 0. The molecule has 0 bridgehead atoms. The fourth-order valence-corrected chi connectivity index (χ4v) is 2.10. The van der Waals surface area contributed by atoms with Crippen molar-refractivity contribution in [1.29, 1.82) is 0 Å². The molecule has 1 heterocycles. The molecule has 4 heteroatoms. The molecule has 0 spiro atoms. The van der Waals surface area contributed by atoms with E-state index in [-0.39, 0.29) is 11.5 Å². The van der Waals surface area contributed by atoms with Crippen LogP contribution in [-0.2, 0) is 11.3 Å². The van der Waals surface area contributed by atoms with E-state index in [2.05, 4.69) is 13.8 Å². The summed E-state index contributed by atoms with van der Waals surface area (Å²) in [6, 6.07) is 1.51. The highest BCUT2D eigenvalue weighted by Crippen LogP contribution is 2.14. The number of aryl methyl sites for hydroxylation is 1. The van der Waals surface area contributed by atoms with Gasteiger partial charge in [0.2, 0.25) is 0 Å². The first-order chi connectivity index (χ1) is 8.88. The molecular weight excluding hydrogens is 242 g/mol. The molecule has 0 radical (unpaired) electrons. The second-order valence-electron chi connectivity index (χ2n) is 5.18. The monoisotopic (exact) mass is 265 g/mol. The minimum atomic E-state index is -0.351. The molecule has 0 saturated carbocycles. The zero-order valence-corrected chi connectivity index (χ0v) is 12.4. The molecule has 0 atom stereocenters. The molecule has 4 nitrogen and oxygen atoms in total. The third kappa shape index (κ3) is 3.69. The first-order valence-electron chi connectivity index (χ1n) is 6.76. The number of carbonyl (C=O) groups is 1. The Morgan fingerprint density at radius 1 is 1.37 bits per heavy atom. The average Bonchev–Trinajstić information content (AvgIpc) is 2.27. The van der Waals surface area contributed by atoms with Crippen LogP contribution in [0.2, 0.25) is 0 Å². The van der Waals surface area contributed by atoms with Crippen LogP contribution in [0.5, 0.6) is 0 Å². The molecule has 0 aromatic carbocycles. The van der Waals surface area contributed by atoms with Crippen molar-refractivity contribution in [3.05, 3.63) is 33.2 Å². The van der Waals surface area contributed by atoms with Gasteiger partial charge in [0.15, 0.2) is 0 Å². The van der Waals surface area contributed by atoms with Gasteiger partial charge in [-0.2, -0.15) is 0 Å². The summed E-state index contributed by atoms with van der Waals surface area (Å²) in [6.45, 7) is 10.5. The Balaban J connectivity index is 3.22. The largest absolute Gasteiger partial charge is 0.462 e. The van der Waals surface area contributed by atoms with Crippen molar-refractivity contribution in [3.63, 3.8) is 0 Å². The van der Waals surface area contributed by atoms with E-state index in [4.69, 9.17) is 4.74 Å². The quantitative estimate of drug-likeness (QED) is 0.769. The van der Waals surface area contributed by atoms with Gasteiger partial charge in [0, 0.05) is 18.3 Å². The standard InChI is InChI=1S/C15H23NO3/c1-6-19-15(18)14-11(4)9-13(17)16(12(14)5)8-7-10(2)3/h9-10H,6-8H2,1-5H3. The maximum atomic E-state index is 12.0. The van der Waals surface area contributed by atoms with Crippen LogP contribution in [0, 0.1) is 19.8 Å². The highest BCUT2D eigenvalue weighted by atomic mass is 16.5. The van der Waals surface area contributed by atoms with Gasteiger partial charge < -0.3 is 9.30 Å². The van der Waals surface area contributed by atoms with Crippen molar-refractivity contribution in [1.82, 2.24) is 4.57 Å². The average molecular weight is 265 g/mol.